The van der Waals surface area contributed by atoms with Crippen molar-refractivity contribution in [3.8, 4) is 0 Å². The molecule has 2 aliphatic heterocycles. The standard InChI is InChI=1S/C23H27N2O.2C9H5ClN4O4S.Co/c1-23(2)20-6-4-5-7-21(20)24(3)22(23)13-10-18-8-11-19(12-9-18)25-14-16-26-17-15-25;2*10-4-1-5(7(16)2-6(4)15)12-13-9-11-3-8(19-9)14(17)18;/h4-13H,14-17H2,1-3H3;2*1-3H,(H2,11,13,15,16);/q+1;;;/p-2. The van der Waals surface area contributed by atoms with Crippen molar-refractivity contribution in [2.24, 2.45) is 20.4 Å². The molecule has 65 heavy (non-hydrogen) atoms. The number of carbonyl (C=O) groups excluding carboxylic acids is 2. The van der Waals surface area contributed by atoms with Crippen LogP contribution in [0.1, 0.15) is 25.0 Å². The van der Waals surface area contributed by atoms with Crippen LogP contribution in [0.4, 0.5) is 21.4 Å². The molecule has 19 nitrogen and oxygen atoms in total. The third kappa shape index (κ3) is 12.4. The Morgan fingerprint density at radius 3 is 1.74 bits per heavy atom. The Balaban J connectivity index is 0.000000186. The summed E-state index contributed by atoms with van der Waals surface area (Å²) in [4.78, 5) is 51.7. The average Bonchev–Trinajstić information content (AvgIpc) is 4.01. The summed E-state index contributed by atoms with van der Waals surface area (Å²) in [5, 5.41) is 53.7. The van der Waals surface area contributed by atoms with Gasteiger partial charge in [-0.25, -0.2) is 0 Å². The number of nitrogens with zero attached hydrogens (tertiary/aromatic N) is 10. The normalized spacial score (nSPS) is 18.5. The number of hydrogen-bond acceptors (Lipinski definition) is 16. The van der Waals surface area contributed by atoms with E-state index >= 15 is 0 Å². The van der Waals surface area contributed by atoms with Gasteiger partial charge in [0, 0.05) is 87.4 Å². The first-order chi connectivity index (χ1) is 30.5. The van der Waals surface area contributed by atoms with Crippen LogP contribution in [0.25, 0.3) is 6.08 Å². The number of carbonyl (C=O) groups is 2. The van der Waals surface area contributed by atoms with E-state index in [1.807, 2.05) is 0 Å². The van der Waals surface area contributed by atoms with Crippen molar-refractivity contribution < 1.29 is 55.7 Å². The van der Waals surface area contributed by atoms with E-state index in [-0.39, 0.29) is 74.8 Å². The van der Waals surface area contributed by atoms with Crippen molar-refractivity contribution >= 4 is 102 Å². The second-order valence-corrected chi connectivity index (χ2v) is 16.8. The van der Waals surface area contributed by atoms with Gasteiger partial charge in [-0.2, -0.15) is 4.58 Å². The molecule has 4 aliphatic rings. The third-order valence-corrected chi connectivity index (χ3v) is 11.8. The molecule has 0 bridgehead atoms. The van der Waals surface area contributed by atoms with E-state index in [0.29, 0.717) is 0 Å². The molecule has 0 amide bonds. The molecule has 24 heteroatoms. The molecule has 0 spiro atoms. The van der Waals surface area contributed by atoms with Crippen LogP contribution in [0.2, 0.25) is 0 Å². The maximum Gasteiger partial charge on any atom is 0.319 e. The first-order valence-electron chi connectivity index (χ1n) is 18.8. The first-order valence-corrected chi connectivity index (χ1v) is 21.1. The van der Waals surface area contributed by atoms with Crippen LogP contribution < -0.4 is 24.5 Å². The second-order valence-electron chi connectivity index (χ2n) is 14.0. The third-order valence-electron chi connectivity index (χ3n) is 9.51. The van der Waals surface area contributed by atoms with Crippen molar-refractivity contribution in [1.82, 2.24) is 9.97 Å². The fraction of sp³-hybridized carbons (Fsp3) is 0.195. The summed E-state index contributed by atoms with van der Waals surface area (Å²) in [5.41, 5.74) is 6.51. The number of halogens is 2. The minimum absolute atomic E-state index is 0. The molecule has 0 atom stereocenters. The van der Waals surface area contributed by atoms with E-state index in [0.717, 1.165) is 85.7 Å². The Labute approximate surface area is 397 Å². The van der Waals surface area contributed by atoms with Gasteiger partial charge in [0.1, 0.15) is 30.0 Å². The Bertz CT molecular complexity index is 2790. The number of morpholine rings is 1. The number of ether oxygens (including phenoxy) is 1. The van der Waals surface area contributed by atoms with Crippen LogP contribution in [0.3, 0.4) is 0 Å². The number of ketones is 2. The summed E-state index contributed by atoms with van der Waals surface area (Å²) in [6.45, 7) is 8.20. The molecular weight excluding hydrogens is 970 g/mol. The van der Waals surface area contributed by atoms with Gasteiger partial charge >= 0.3 is 10.0 Å². The maximum atomic E-state index is 11.1. The number of para-hydroxylation sites is 1. The number of aliphatic hydroxyl groups is 2. The Kier molecular flexibility index (Phi) is 16.8. The van der Waals surface area contributed by atoms with Crippen molar-refractivity contribution in [2.75, 3.05) is 38.3 Å². The average molecular weight is 1010 g/mol. The molecule has 8 rings (SSSR count). The second kappa shape index (κ2) is 22.0. The number of nitro groups is 2. The number of allylic oxidation sites excluding steroid dienone is 7. The topological polar surface area (TPSA) is 254 Å². The SMILES string of the molecule is C[N+]1=C(/C=C/c2ccc(N3CCOCC3)cc2)C(C)(C)c2ccccc21.O=C1C=C(O)C(=NN=c2[n-]cc([N+](=O)[O-])s2)C=C1Cl.O=C1C=C(O)C(=NN=c2[n-]cc([N+](=O)[O-])s2)C=C1Cl.[Co]. The summed E-state index contributed by atoms with van der Waals surface area (Å²) in [5.74, 6) is -1.85. The van der Waals surface area contributed by atoms with Gasteiger partial charge in [-0.15, -0.1) is 0 Å². The number of aliphatic hydroxyl groups excluding tert-OH is 2. The van der Waals surface area contributed by atoms with Gasteiger partial charge in [-0.05, 0) is 49.8 Å². The van der Waals surface area contributed by atoms with Crippen LogP contribution in [-0.4, -0.2) is 86.7 Å². The Morgan fingerprint density at radius 1 is 0.785 bits per heavy atom. The van der Waals surface area contributed by atoms with E-state index < -0.39 is 21.4 Å². The molecule has 339 valence electrons. The molecule has 1 saturated heterocycles. The zero-order chi connectivity index (χ0) is 46.1. The molecule has 2 N–H and O–H groups in total. The van der Waals surface area contributed by atoms with Gasteiger partial charge in [0.25, 0.3) is 0 Å². The number of thiazole rings is 2. The van der Waals surface area contributed by atoms with E-state index in [1.54, 1.807) is 0 Å². The number of rotatable bonds is 7. The van der Waals surface area contributed by atoms with Crippen LogP contribution in [0.5, 0.6) is 0 Å². The van der Waals surface area contributed by atoms with Crippen molar-refractivity contribution in [2.45, 2.75) is 19.3 Å². The fourth-order valence-electron chi connectivity index (χ4n) is 6.29. The number of fused-ring (bicyclic) bond motifs is 1. The quantitative estimate of drug-likeness (QED) is 0.0899. The molecule has 4 aromatic rings. The summed E-state index contributed by atoms with van der Waals surface area (Å²) in [7, 11) is 2.16. The molecule has 1 fully saturated rings. The molecule has 2 aromatic carbocycles. The minimum atomic E-state index is -0.600. The molecule has 2 aromatic heterocycles. The molecule has 0 unspecified atom stereocenters. The largest absolute Gasteiger partial charge is 0.506 e. The smallest absolute Gasteiger partial charge is 0.319 e. The van der Waals surface area contributed by atoms with E-state index in [1.165, 1.54) is 28.2 Å². The van der Waals surface area contributed by atoms with Crippen LogP contribution in [0, 0.1) is 20.2 Å². The van der Waals surface area contributed by atoms with Crippen molar-refractivity contribution in [1.29, 1.82) is 0 Å². The fourth-order valence-corrected chi connectivity index (χ4v) is 7.71. The molecule has 1 radical (unpaired) electrons. The predicted octanol–water partition coefficient (Wildman–Crippen LogP) is 6.28. The Morgan fingerprint density at radius 2 is 1.28 bits per heavy atom. The molecule has 2 aliphatic carbocycles. The number of aromatic nitrogens is 2. The predicted molar refractivity (Wildman–Crippen MR) is 243 cm³/mol. The van der Waals surface area contributed by atoms with Gasteiger partial charge < -0.3 is 40.0 Å². The summed E-state index contributed by atoms with van der Waals surface area (Å²) in [6, 6.07) is 17.5. The van der Waals surface area contributed by atoms with Gasteiger partial charge in [-0.3, -0.25) is 40.0 Å². The van der Waals surface area contributed by atoms with Crippen LogP contribution in [-0.2, 0) is 36.5 Å². The zero-order valence-corrected chi connectivity index (χ0v) is 38.4. The molecule has 0 saturated carbocycles. The maximum absolute atomic E-state index is 11.1. The summed E-state index contributed by atoms with van der Waals surface area (Å²) < 4.78 is 7.75. The molecular formula is C41H35Cl2CoN10O9S2-. The zero-order valence-electron chi connectivity index (χ0n) is 34.2. The van der Waals surface area contributed by atoms with Crippen molar-refractivity contribution in [3.05, 3.63) is 154 Å². The van der Waals surface area contributed by atoms with E-state index in [9.17, 15) is 40.0 Å². The van der Waals surface area contributed by atoms with Gasteiger partial charge in [0.2, 0.25) is 17.3 Å². The van der Waals surface area contributed by atoms with E-state index in [4.69, 9.17) is 27.9 Å². The van der Waals surface area contributed by atoms with Crippen LogP contribution in [0.15, 0.2) is 133 Å². The van der Waals surface area contributed by atoms with Crippen LogP contribution >= 0.6 is 45.9 Å². The van der Waals surface area contributed by atoms with Gasteiger partial charge in [-0.1, -0.05) is 76.2 Å². The Hall–Kier alpha value is -6.40. The van der Waals surface area contributed by atoms with Gasteiger partial charge in [0.05, 0.1) is 38.5 Å². The number of hydrogen-bond donors (Lipinski definition) is 2. The first kappa shape index (κ1) is 49.6. The number of benzene rings is 2. The number of anilines is 1. The summed E-state index contributed by atoms with van der Waals surface area (Å²) >= 11 is 12.6. The molecule has 4 heterocycles. The van der Waals surface area contributed by atoms with E-state index in [2.05, 4.69) is 121 Å². The monoisotopic (exact) mass is 1000 g/mol. The van der Waals surface area contributed by atoms with Gasteiger partial charge in [0.15, 0.2) is 5.71 Å². The summed E-state index contributed by atoms with van der Waals surface area (Å²) in [6.07, 6.45) is 10.7. The van der Waals surface area contributed by atoms with Crippen molar-refractivity contribution in [3.63, 3.8) is 0 Å². The minimum Gasteiger partial charge on any atom is -0.506 e.